The van der Waals surface area contributed by atoms with Crippen LogP contribution in [0.15, 0.2) is 22.8 Å². The minimum atomic E-state index is 1.27. The summed E-state index contributed by atoms with van der Waals surface area (Å²) in [5.74, 6) is 0. The van der Waals surface area contributed by atoms with E-state index in [1.807, 2.05) is 0 Å². The molecule has 0 amide bonds. The molecule has 0 bridgehead atoms. The zero-order chi connectivity index (χ0) is 13.2. The highest BCUT2D eigenvalue weighted by atomic mass is 14.1. The van der Waals surface area contributed by atoms with Gasteiger partial charge < -0.3 is 0 Å². The topological polar surface area (TPSA) is 0 Å². The van der Waals surface area contributed by atoms with Crippen LogP contribution in [-0.2, 0) is 0 Å². The van der Waals surface area contributed by atoms with E-state index in [1.165, 1.54) is 70.6 Å². The molecule has 1 fully saturated rings. The summed E-state index contributed by atoms with van der Waals surface area (Å²) in [6.45, 7) is 6.92. The number of allylic oxidation sites excluding steroid dienone is 4. The molecule has 0 heteroatoms. The van der Waals surface area contributed by atoms with E-state index in [-0.39, 0.29) is 0 Å². The summed E-state index contributed by atoms with van der Waals surface area (Å²) in [6.07, 6.45) is 17.5. The van der Waals surface area contributed by atoms with E-state index in [4.69, 9.17) is 0 Å². The molecule has 0 nitrogen and oxygen atoms in total. The molecule has 0 saturated heterocycles. The van der Waals surface area contributed by atoms with Crippen LogP contribution in [-0.4, -0.2) is 0 Å². The number of unbranched alkanes of at least 4 members (excludes halogenated alkanes) is 1. The summed E-state index contributed by atoms with van der Waals surface area (Å²) in [5, 5.41) is 0. The lowest BCUT2D eigenvalue weighted by Crippen LogP contribution is -1.89. The second-order valence-corrected chi connectivity index (χ2v) is 5.99. The van der Waals surface area contributed by atoms with Gasteiger partial charge in [0.25, 0.3) is 0 Å². The fourth-order valence-corrected chi connectivity index (χ4v) is 2.97. The second-order valence-electron chi connectivity index (χ2n) is 5.99. The van der Waals surface area contributed by atoms with Gasteiger partial charge in [-0.2, -0.15) is 0 Å². The second kappa shape index (κ2) is 9.42. The van der Waals surface area contributed by atoms with Crippen LogP contribution >= 0.6 is 0 Å². The molecule has 0 unspecified atom stereocenters. The van der Waals surface area contributed by atoms with Crippen LogP contribution in [0.1, 0.15) is 91.4 Å². The first kappa shape index (κ1) is 15.5. The first-order valence-corrected chi connectivity index (χ1v) is 8.07. The monoisotopic (exact) mass is 248 g/mol. The van der Waals surface area contributed by atoms with E-state index in [2.05, 4.69) is 26.8 Å². The van der Waals surface area contributed by atoms with Crippen LogP contribution in [0.3, 0.4) is 0 Å². The highest BCUT2D eigenvalue weighted by Crippen LogP contribution is 2.26. The highest BCUT2D eigenvalue weighted by Gasteiger charge is 2.07. The summed E-state index contributed by atoms with van der Waals surface area (Å²) in [5.41, 5.74) is 5.08. The van der Waals surface area contributed by atoms with Crippen molar-refractivity contribution in [1.82, 2.24) is 0 Å². The Bertz CT molecular complexity index is 270. The molecule has 0 spiro atoms. The Morgan fingerprint density at radius 3 is 2.28 bits per heavy atom. The summed E-state index contributed by atoms with van der Waals surface area (Å²) < 4.78 is 0. The maximum absolute atomic E-state index is 2.45. The Hall–Kier alpha value is -0.520. The molecule has 0 N–H and O–H groups in total. The third-order valence-electron chi connectivity index (χ3n) is 4.20. The molecule has 0 aromatic heterocycles. The molecule has 1 saturated carbocycles. The van der Waals surface area contributed by atoms with Crippen molar-refractivity contribution >= 4 is 0 Å². The molecule has 0 aliphatic heterocycles. The Labute approximate surface area is 115 Å². The summed E-state index contributed by atoms with van der Waals surface area (Å²) in [4.78, 5) is 0. The standard InChI is InChI=1S/C18H32/c1-4-11-16(2)12-9-10-13-17(3)18-14-7-5-6-8-15-18/h12H,4-11,13-15H2,1-3H3. The van der Waals surface area contributed by atoms with Gasteiger partial charge in [0.15, 0.2) is 0 Å². The van der Waals surface area contributed by atoms with Gasteiger partial charge in [0, 0.05) is 0 Å². The zero-order valence-electron chi connectivity index (χ0n) is 12.9. The first-order valence-electron chi connectivity index (χ1n) is 8.07. The Morgan fingerprint density at radius 2 is 1.67 bits per heavy atom. The van der Waals surface area contributed by atoms with Crippen molar-refractivity contribution in [3.05, 3.63) is 22.8 Å². The summed E-state index contributed by atoms with van der Waals surface area (Å²) >= 11 is 0. The predicted molar refractivity (Wildman–Crippen MR) is 82.9 cm³/mol. The van der Waals surface area contributed by atoms with E-state index < -0.39 is 0 Å². The summed E-state index contributed by atoms with van der Waals surface area (Å²) in [7, 11) is 0. The number of hydrogen-bond donors (Lipinski definition) is 0. The molecule has 0 aromatic rings. The lowest BCUT2D eigenvalue weighted by atomic mass is 9.97. The first-order chi connectivity index (χ1) is 8.74. The molecule has 0 radical (unpaired) electrons. The fraction of sp³-hybridized carbons (Fsp3) is 0.778. The van der Waals surface area contributed by atoms with Crippen molar-refractivity contribution in [2.75, 3.05) is 0 Å². The van der Waals surface area contributed by atoms with Gasteiger partial charge in [-0.25, -0.2) is 0 Å². The van der Waals surface area contributed by atoms with Gasteiger partial charge in [0.2, 0.25) is 0 Å². The van der Waals surface area contributed by atoms with Gasteiger partial charge in [-0.15, -0.1) is 0 Å². The van der Waals surface area contributed by atoms with E-state index >= 15 is 0 Å². The van der Waals surface area contributed by atoms with E-state index in [0.29, 0.717) is 0 Å². The van der Waals surface area contributed by atoms with Gasteiger partial charge in [-0.3, -0.25) is 0 Å². The number of rotatable bonds is 6. The molecule has 1 aliphatic carbocycles. The van der Waals surface area contributed by atoms with Crippen molar-refractivity contribution in [2.45, 2.75) is 91.4 Å². The lowest BCUT2D eigenvalue weighted by Gasteiger charge is -2.09. The predicted octanol–water partition coefficient (Wildman–Crippen LogP) is 6.57. The van der Waals surface area contributed by atoms with Crippen molar-refractivity contribution < 1.29 is 0 Å². The Balaban J connectivity index is 2.29. The van der Waals surface area contributed by atoms with E-state index in [0.717, 1.165) is 0 Å². The Morgan fingerprint density at radius 1 is 1.00 bits per heavy atom. The molecule has 18 heavy (non-hydrogen) atoms. The quantitative estimate of drug-likeness (QED) is 0.283. The van der Waals surface area contributed by atoms with Crippen molar-refractivity contribution in [1.29, 1.82) is 0 Å². The van der Waals surface area contributed by atoms with Crippen LogP contribution in [0.2, 0.25) is 0 Å². The van der Waals surface area contributed by atoms with Crippen LogP contribution < -0.4 is 0 Å². The van der Waals surface area contributed by atoms with Gasteiger partial charge >= 0.3 is 0 Å². The third-order valence-corrected chi connectivity index (χ3v) is 4.20. The fourth-order valence-electron chi connectivity index (χ4n) is 2.97. The minimum absolute atomic E-state index is 1.27. The Kier molecular flexibility index (Phi) is 8.13. The van der Waals surface area contributed by atoms with Gasteiger partial charge in [0.05, 0.1) is 0 Å². The van der Waals surface area contributed by atoms with Crippen molar-refractivity contribution in [3.63, 3.8) is 0 Å². The van der Waals surface area contributed by atoms with Gasteiger partial charge in [-0.1, -0.05) is 49.0 Å². The molecular formula is C18H32. The van der Waals surface area contributed by atoms with Crippen LogP contribution in [0.25, 0.3) is 0 Å². The maximum atomic E-state index is 2.45. The summed E-state index contributed by atoms with van der Waals surface area (Å²) in [6, 6.07) is 0. The molecule has 0 heterocycles. The smallest absolute Gasteiger partial charge is 0.0317 e. The normalized spacial score (nSPS) is 17.7. The largest absolute Gasteiger partial charge is 0.0856 e. The molecule has 0 atom stereocenters. The molecule has 0 aromatic carbocycles. The third kappa shape index (κ3) is 6.42. The highest BCUT2D eigenvalue weighted by molar-refractivity contribution is 5.13. The van der Waals surface area contributed by atoms with E-state index in [1.54, 1.807) is 16.7 Å². The number of hydrogen-bond acceptors (Lipinski definition) is 0. The van der Waals surface area contributed by atoms with Crippen molar-refractivity contribution in [3.8, 4) is 0 Å². The van der Waals surface area contributed by atoms with Crippen LogP contribution in [0, 0.1) is 0 Å². The van der Waals surface area contributed by atoms with E-state index in [9.17, 15) is 0 Å². The van der Waals surface area contributed by atoms with Crippen molar-refractivity contribution in [2.24, 2.45) is 0 Å². The maximum Gasteiger partial charge on any atom is -0.0317 e. The van der Waals surface area contributed by atoms with Crippen LogP contribution in [0.5, 0.6) is 0 Å². The average molecular weight is 248 g/mol. The van der Waals surface area contributed by atoms with Crippen LogP contribution in [0.4, 0.5) is 0 Å². The molecule has 1 aliphatic rings. The SMILES string of the molecule is CCCC(C)=CCCCC(C)=C1CCCCCC1. The molecule has 1 rings (SSSR count). The molecule has 104 valence electrons. The zero-order valence-corrected chi connectivity index (χ0v) is 12.9. The lowest BCUT2D eigenvalue weighted by molar-refractivity contribution is 0.702. The minimum Gasteiger partial charge on any atom is -0.0856 e. The molecular weight excluding hydrogens is 216 g/mol. The van der Waals surface area contributed by atoms with Gasteiger partial charge in [-0.05, 0) is 65.2 Å². The van der Waals surface area contributed by atoms with Gasteiger partial charge in [0.1, 0.15) is 0 Å². The average Bonchev–Trinajstić information content (AvgIpc) is 2.63.